The van der Waals surface area contributed by atoms with Gasteiger partial charge >= 0.3 is 0 Å². The number of hydrogen-bond acceptors (Lipinski definition) is 10. The van der Waals surface area contributed by atoms with Gasteiger partial charge in [-0.1, -0.05) is 156 Å². The molecule has 10 rings (SSSR count). The zero-order valence-electron chi connectivity index (χ0n) is 53.7. The lowest BCUT2D eigenvalue weighted by atomic mass is 9.79. The first-order chi connectivity index (χ1) is 40.7. The maximum Gasteiger partial charge on any atom is 0.257 e. The smallest absolute Gasteiger partial charge is 0.257 e. The van der Waals surface area contributed by atoms with E-state index in [4.69, 9.17) is 52.9 Å². The van der Waals surface area contributed by atoms with Gasteiger partial charge in [0.2, 0.25) is 0 Å². The van der Waals surface area contributed by atoms with Gasteiger partial charge in [0.1, 0.15) is 36.2 Å². The van der Waals surface area contributed by atoms with E-state index in [1.54, 1.807) is 14.2 Å². The summed E-state index contributed by atoms with van der Waals surface area (Å²) in [5.74, 6) is 2.30. The molecule has 0 radical (unpaired) electrons. The monoisotopic (exact) mass is 1210 g/mol. The highest BCUT2D eigenvalue weighted by Crippen LogP contribution is 2.44. The molecular weight excluding hydrogens is 1120 g/mol. The summed E-state index contributed by atoms with van der Waals surface area (Å²) in [5.41, 5.74) is 13.1. The van der Waals surface area contributed by atoms with E-state index >= 15 is 0 Å². The summed E-state index contributed by atoms with van der Waals surface area (Å²) in [6.45, 7) is 30.8. The molecule has 0 spiro atoms. The van der Waals surface area contributed by atoms with Gasteiger partial charge in [-0.15, -0.1) is 0 Å². The van der Waals surface area contributed by atoms with Gasteiger partial charge in [-0.2, -0.15) is 0 Å². The van der Waals surface area contributed by atoms with Crippen molar-refractivity contribution in [2.75, 3.05) is 80.0 Å². The van der Waals surface area contributed by atoms with Crippen molar-refractivity contribution in [2.45, 2.75) is 156 Å². The fourth-order valence-corrected chi connectivity index (χ4v) is 10.8. The normalized spacial score (nSPS) is 15.8. The maximum atomic E-state index is 14.1. The van der Waals surface area contributed by atoms with E-state index in [0.29, 0.717) is 126 Å². The average molecular weight is 1210 g/mol. The average Bonchev–Trinajstić information content (AvgIpc) is 1.20. The number of thiocarbonyl (C=S) groups is 2. The second-order valence-corrected chi connectivity index (χ2v) is 27.7. The van der Waals surface area contributed by atoms with Crippen LogP contribution < -0.4 is 50.8 Å². The molecule has 1 aliphatic carbocycles. The van der Waals surface area contributed by atoms with Crippen molar-refractivity contribution in [2.24, 2.45) is 0 Å². The van der Waals surface area contributed by atoms with Crippen molar-refractivity contribution in [3.05, 3.63) is 151 Å². The Balaban J connectivity index is 1.46. The van der Waals surface area contributed by atoms with Crippen LogP contribution in [-0.2, 0) is 79.5 Å². The van der Waals surface area contributed by atoms with Crippen LogP contribution in [-0.4, -0.2) is 102 Å². The Hall–Kier alpha value is -6.46. The fourth-order valence-electron chi connectivity index (χ4n) is 10.5. The Kier molecular flexibility index (Phi) is 23.4. The van der Waals surface area contributed by atoms with Gasteiger partial charge in [-0.25, -0.2) is 0 Å². The Labute approximate surface area is 523 Å². The number of carbonyl (C=O) groups excluding carboxylic acids is 2. The Morgan fingerprint density at radius 3 is 0.965 bits per heavy atom. The van der Waals surface area contributed by atoms with E-state index in [0.717, 1.165) is 89.4 Å². The molecule has 12 bridgehead atoms. The third-order valence-corrected chi connectivity index (χ3v) is 16.2. The van der Waals surface area contributed by atoms with E-state index in [2.05, 4.69) is 188 Å². The number of benzene rings is 5. The molecule has 0 atom stereocenters. The molecule has 0 aromatic heterocycles. The van der Waals surface area contributed by atoms with Crippen molar-refractivity contribution in [3.63, 3.8) is 0 Å². The quantitative estimate of drug-likeness (QED) is 0.0631. The minimum absolute atomic E-state index is 0.207. The molecule has 0 unspecified atom stereocenters. The van der Waals surface area contributed by atoms with Crippen LogP contribution in [0.15, 0.2) is 72.8 Å². The van der Waals surface area contributed by atoms with Gasteiger partial charge in [-0.3, -0.25) is 9.59 Å². The molecule has 5 aliphatic rings. The molecule has 16 heteroatoms. The Bertz CT molecular complexity index is 2860. The number of hydrogen-bond donors (Lipinski definition) is 6. The second kappa shape index (κ2) is 30.0. The van der Waals surface area contributed by atoms with Crippen LogP contribution in [0.4, 0.5) is 0 Å². The van der Waals surface area contributed by atoms with Gasteiger partial charge in [0.15, 0.2) is 23.4 Å². The molecule has 6 N–H and O–H groups in total. The minimum Gasteiger partial charge on any atom is -0.491 e. The van der Waals surface area contributed by atoms with Gasteiger partial charge in [0.05, 0.1) is 13.2 Å². The summed E-state index contributed by atoms with van der Waals surface area (Å²) in [6.07, 6.45) is 2.94. The third kappa shape index (κ3) is 19.3. The van der Waals surface area contributed by atoms with E-state index in [-0.39, 0.29) is 46.7 Å². The largest absolute Gasteiger partial charge is 0.491 e. The summed E-state index contributed by atoms with van der Waals surface area (Å²) in [7, 11) is 3.36. The second-order valence-electron chi connectivity index (χ2n) is 26.9. The van der Waals surface area contributed by atoms with Gasteiger partial charge in [0, 0.05) is 79.2 Å². The summed E-state index contributed by atoms with van der Waals surface area (Å²) >= 11 is 11.3. The van der Waals surface area contributed by atoms with E-state index < -0.39 is 0 Å². The maximum absolute atomic E-state index is 14.1. The van der Waals surface area contributed by atoms with Gasteiger partial charge in [-0.05, 0) is 137 Å². The highest BCUT2D eigenvalue weighted by atomic mass is 32.1. The Morgan fingerprint density at radius 2 is 0.686 bits per heavy atom. The number of carbonyl (C=O) groups is 2. The minimum atomic E-state index is -0.277. The zero-order chi connectivity index (χ0) is 62.4. The van der Waals surface area contributed by atoms with E-state index in [1.807, 2.05) is 0 Å². The summed E-state index contributed by atoms with van der Waals surface area (Å²) < 4.78 is 39.2. The topological polar surface area (TPSA) is 162 Å². The molecule has 466 valence electrons. The Morgan fingerprint density at radius 1 is 0.407 bits per heavy atom. The zero-order valence-corrected chi connectivity index (χ0v) is 55.4. The molecule has 0 fully saturated rings. The lowest BCUT2D eigenvalue weighted by Crippen LogP contribution is -2.37. The first kappa shape index (κ1) is 67.1. The summed E-state index contributed by atoms with van der Waals surface area (Å²) in [4.78, 5) is 28.2. The molecule has 14 nitrogen and oxygen atoms in total. The van der Waals surface area contributed by atoms with E-state index in [1.165, 1.54) is 0 Å². The SMILES string of the molecule is COCCOc1c2cc(C(C)(C)C)cc1Cc1cc(C(C)(C)C)cc3c1OCC(=O)NCCCNC(=S)NCc1ccc(cc1)CNC(=S)NCCCNC(=O)COc1c(cc(C(C)(C)C)cc1Cc1cc(C(C)(C)C)cc(c1OCCOC)C3)C2. The third-order valence-electron chi connectivity index (χ3n) is 15.6. The van der Waals surface area contributed by atoms with Crippen molar-refractivity contribution in [1.82, 2.24) is 31.9 Å². The summed E-state index contributed by atoms with van der Waals surface area (Å²) in [6, 6.07) is 26.4. The number of methoxy groups -OCH3 is 2. The van der Waals surface area contributed by atoms with Gasteiger partial charge < -0.3 is 60.3 Å². The highest BCUT2D eigenvalue weighted by Gasteiger charge is 2.30. The predicted molar refractivity (Wildman–Crippen MR) is 354 cm³/mol. The van der Waals surface area contributed by atoms with Gasteiger partial charge in [0.25, 0.3) is 11.8 Å². The van der Waals surface area contributed by atoms with Crippen molar-refractivity contribution < 1.29 is 38.0 Å². The first-order valence-electron chi connectivity index (χ1n) is 30.5. The highest BCUT2D eigenvalue weighted by molar-refractivity contribution is 7.80. The van der Waals surface area contributed by atoms with Crippen LogP contribution in [0.3, 0.4) is 0 Å². The molecule has 0 saturated carbocycles. The van der Waals surface area contributed by atoms with Crippen molar-refractivity contribution in [1.29, 1.82) is 0 Å². The molecule has 2 amide bonds. The molecule has 0 saturated heterocycles. The van der Waals surface area contributed by atoms with Crippen LogP contribution >= 0.6 is 24.4 Å². The van der Waals surface area contributed by atoms with Crippen LogP contribution in [0.5, 0.6) is 23.0 Å². The lowest BCUT2D eigenvalue weighted by molar-refractivity contribution is -0.123. The molecule has 4 heterocycles. The van der Waals surface area contributed by atoms with Crippen LogP contribution in [0.1, 0.15) is 174 Å². The van der Waals surface area contributed by atoms with E-state index in [9.17, 15) is 9.59 Å². The first-order valence-corrected chi connectivity index (χ1v) is 31.3. The number of amides is 2. The predicted octanol–water partition coefficient (Wildman–Crippen LogP) is 11.0. The lowest BCUT2D eigenvalue weighted by Gasteiger charge is -2.29. The number of nitrogens with one attached hydrogen (secondary N) is 6. The van der Waals surface area contributed by atoms with Crippen LogP contribution in [0.25, 0.3) is 0 Å². The number of rotatable bonds is 8. The van der Waals surface area contributed by atoms with Crippen LogP contribution in [0, 0.1) is 0 Å². The molecular formula is C70H96N6O8S2. The molecule has 4 aliphatic heterocycles. The molecule has 5 aromatic carbocycles. The molecule has 86 heavy (non-hydrogen) atoms. The standard InChI is InChI=1S/C70H96N6O8S2/c1-67(2,3)55-33-47-29-51-37-57(69(7,8)9)39-53-31-49-35-56(68(4,5)6)36-50(62(49)82-28-26-80-14)32-54-40-58(70(10,11)12)38-52(30-48(34-55)61(47)81-27-25-79-13)64(54)84-44-60(78)72-22-16-24-74-66(86)76-42-46-19-17-45(18-20-46)41-75-65(85)73-23-15-21-71-59(77)43-83-63(51)53/h17-20,33-40H,15-16,21-32,41-44H2,1-14H3,(H,71,77)(H,72,78)(H2,73,75,85)(H2,74,76,86). The van der Waals surface area contributed by atoms with Crippen LogP contribution in [0.2, 0.25) is 0 Å². The fraction of sp³-hybridized carbons (Fsp3) is 0.514. The number of ether oxygens (including phenoxy) is 6. The van der Waals surface area contributed by atoms with Crippen molar-refractivity contribution >= 4 is 46.5 Å². The summed E-state index contributed by atoms with van der Waals surface area (Å²) in [5, 5.41) is 20.5. The van der Waals surface area contributed by atoms with Crippen molar-refractivity contribution in [3.8, 4) is 23.0 Å². The molecule has 5 aromatic rings.